The molecule has 0 heterocycles. The largest absolute Gasteiger partial charge is 0.396 e. The van der Waals surface area contributed by atoms with E-state index in [2.05, 4.69) is 15.9 Å². The van der Waals surface area contributed by atoms with Gasteiger partial charge in [0, 0.05) is 6.61 Å². The third kappa shape index (κ3) is 4.34. The van der Waals surface area contributed by atoms with Crippen molar-refractivity contribution in [1.82, 2.24) is 0 Å². The third-order valence-corrected chi connectivity index (χ3v) is 1.07. The van der Waals surface area contributed by atoms with Crippen LogP contribution < -0.4 is 0 Å². The number of hydrogen-bond acceptors (Lipinski definition) is 1. The summed E-state index contributed by atoms with van der Waals surface area (Å²) < 4.78 is 1.08. The van der Waals surface area contributed by atoms with E-state index >= 15 is 0 Å². The lowest BCUT2D eigenvalue weighted by Gasteiger charge is -1.97. The molecule has 0 aliphatic heterocycles. The second-order valence-corrected chi connectivity index (χ2v) is 3.16. The maximum absolute atomic E-state index is 8.52. The molecular formula is C6H11BrO. The van der Waals surface area contributed by atoms with E-state index in [9.17, 15) is 0 Å². The molecule has 0 aromatic rings. The number of aliphatic hydroxyl groups is 1. The van der Waals surface area contributed by atoms with Gasteiger partial charge in [0.05, 0.1) is 0 Å². The van der Waals surface area contributed by atoms with Crippen molar-refractivity contribution >= 4 is 15.9 Å². The summed E-state index contributed by atoms with van der Waals surface area (Å²) >= 11 is 3.27. The Morgan fingerprint density at radius 1 is 1.88 bits per heavy atom. The average molecular weight is 179 g/mol. The Bertz CT molecular complexity index is 84.5. The summed E-state index contributed by atoms with van der Waals surface area (Å²) in [6.07, 6.45) is 1.97. The van der Waals surface area contributed by atoms with Gasteiger partial charge in [-0.2, -0.15) is 0 Å². The minimum absolute atomic E-state index is 0.225. The van der Waals surface area contributed by atoms with E-state index in [4.69, 9.17) is 5.11 Å². The van der Waals surface area contributed by atoms with E-state index in [1.54, 1.807) is 0 Å². The fraction of sp³-hybridized carbons (Fsp3) is 0.667. The molecule has 1 nitrogen and oxygen atoms in total. The molecule has 0 spiro atoms. The molecule has 1 N–H and O–H groups in total. The lowest BCUT2D eigenvalue weighted by molar-refractivity contribution is 0.262. The Balaban J connectivity index is 3.51. The van der Waals surface area contributed by atoms with Gasteiger partial charge in [-0.05, 0) is 17.3 Å². The van der Waals surface area contributed by atoms with Crippen molar-refractivity contribution < 1.29 is 5.11 Å². The summed E-state index contributed by atoms with van der Waals surface area (Å²) in [6, 6.07) is 0. The SMILES string of the molecule is C/C(Br)=C/C(C)CO. The van der Waals surface area contributed by atoms with Crippen LogP contribution in [0.1, 0.15) is 13.8 Å². The number of rotatable bonds is 2. The van der Waals surface area contributed by atoms with E-state index in [1.807, 2.05) is 19.9 Å². The average Bonchev–Trinajstić information content (AvgIpc) is 1.65. The molecule has 1 unspecified atom stereocenters. The monoisotopic (exact) mass is 178 g/mol. The fourth-order valence-electron chi connectivity index (χ4n) is 0.445. The highest BCUT2D eigenvalue weighted by Crippen LogP contribution is 2.06. The van der Waals surface area contributed by atoms with Crippen LogP contribution in [0.25, 0.3) is 0 Å². The Hall–Kier alpha value is 0.180. The summed E-state index contributed by atoms with van der Waals surface area (Å²) in [6.45, 7) is 4.14. The Morgan fingerprint density at radius 2 is 2.38 bits per heavy atom. The second-order valence-electron chi connectivity index (χ2n) is 1.91. The quantitative estimate of drug-likeness (QED) is 0.686. The Morgan fingerprint density at radius 3 is 2.50 bits per heavy atom. The van der Waals surface area contributed by atoms with Gasteiger partial charge in [-0.3, -0.25) is 0 Å². The van der Waals surface area contributed by atoms with Gasteiger partial charge in [-0.25, -0.2) is 0 Å². The zero-order valence-corrected chi connectivity index (χ0v) is 6.77. The van der Waals surface area contributed by atoms with E-state index in [0.29, 0.717) is 0 Å². The minimum atomic E-state index is 0.225. The molecule has 0 aliphatic carbocycles. The van der Waals surface area contributed by atoms with Crippen LogP contribution in [0.3, 0.4) is 0 Å². The molecule has 0 fully saturated rings. The second kappa shape index (κ2) is 4.10. The molecule has 0 rings (SSSR count). The van der Waals surface area contributed by atoms with Gasteiger partial charge in [0.2, 0.25) is 0 Å². The number of halogens is 1. The van der Waals surface area contributed by atoms with Crippen molar-refractivity contribution in [2.75, 3.05) is 6.61 Å². The van der Waals surface area contributed by atoms with E-state index in [0.717, 1.165) is 4.48 Å². The molecule has 2 heteroatoms. The summed E-state index contributed by atoms with van der Waals surface area (Å²) in [5.41, 5.74) is 0. The maximum Gasteiger partial charge on any atom is 0.0491 e. The van der Waals surface area contributed by atoms with E-state index in [1.165, 1.54) is 0 Å². The fourth-order valence-corrected chi connectivity index (χ4v) is 0.896. The van der Waals surface area contributed by atoms with Crippen molar-refractivity contribution in [3.63, 3.8) is 0 Å². The van der Waals surface area contributed by atoms with Crippen molar-refractivity contribution in [2.45, 2.75) is 13.8 Å². The molecular weight excluding hydrogens is 168 g/mol. The predicted molar refractivity (Wildman–Crippen MR) is 38.9 cm³/mol. The number of hydrogen-bond donors (Lipinski definition) is 1. The Kier molecular flexibility index (Phi) is 4.19. The molecule has 48 valence electrons. The van der Waals surface area contributed by atoms with Crippen LogP contribution in [-0.4, -0.2) is 11.7 Å². The van der Waals surface area contributed by atoms with Crippen LogP contribution in [0, 0.1) is 5.92 Å². The molecule has 0 aromatic carbocycles. The molecule has 0 radical (unpaired) electrons. The van der Waals surface area contributed by atoms with E-state index < -0.39 is 0 Å². The van der Waals surface area contributed by atoms with Gasteiger partial charge in [0.25, 0.3) is 0 Å². The van der Waals surface area contributed by atoms with Gasteiger partial charge in [-0.15, -0.1) is 0 Å². The molecule has 0 amide bonds. The predicted octanol–water partition coefficient (Wildman–Crippen LogP) is 1.91. The van der Waals surface area contributed by atoms with Gasteiger partial charge >= 0.3 is 0 Å². The van der Waals surface area contributed by atoms with Crippen LogP contribution in [-0.2, 0) is 0 Å². The van der Waals surface area contributed by atoms with Crippen molar-refractivity contribution in [1.29, 1.82) is 0 Å². The molecule has 1 atom stereocenters. The zero-order chi connectivity index (χ0) is 6.57. The highest BCUT2D eigenvalue weighted by atomic mass is 79.9. The van der Waals surface area contributed by atoms with Crippen molar-refractivity contribution in [2.24, 2.45) is 5.92 Å². The molecule has 0 saturated heterocycles. The normalized spacial score (nSPS) is 16.2. The summed E-state index contributed by atoms with van der Waals surface area (Å²) in [4.78, 5) is 0. The highest BCUT2D eigenvalue weighted by molar-refractivity contribution is 9.11. The molecule has 8 heavy (non-hydrogen) atoms. The summed E-state index contributed by atoms with van der Waals surface area (Å²) in [5, 5.41) is 8.52. The molecule has 0 aromatic heterocycles. The minimum Gasteiger partial charge on any atom is -0.396 e. The maximum atomic E-state index is 8.52. The third-order valence-electron chi connectivity index (χ3n) is 0.802. The summed E-state index contributed by atoms with van der Waals surface area (Å²) in [7, 11) is 0. The van der Waals surface area contributed by atoms with E-state index in [-0.39, 0.29) is 12.5 Å². The van der Waals surface area contributed by atoms with Crippen molar-refractivity contribution in [3.05, 3.63) is 10.6 Å². The number of aliphatic hydroxyl groups excluding tert-OH is 1. The Labute approximate surface area is 58.5 Å². The molecule has 0 aliphatic rings. The first-order valence-corrected chi connectivity index (χ1v) is 3.41. The number of allylic oxidation sites excluding steroid dienone is 1. The molecule has 0 saturated carbocycles. The van der Waals surface area contributed by atoms with Crippen LogP contribution >= 0.6 is 15.9 Å². The highest BCUT2D eigenvalue weighted by Gasteiger charge is 1.91. The van der Waals surface area contributed by atoms with Gasteiger partial charge < -0.3 is 5.11 Å². The van der Waals surface area contributed by atoms with Crippen LogP contribution in [0.4, 0.5) is 0 Å². The van der Waals surface area contributed by atoms with Crippen LogP contribution in [0.15, 0.2) is 10.6 Å². The van der Waals surface area contributed by atoms with Gasteiger partial charge in [-0.1, -0.05) is 28.9 Å². The van der Waals surface area contributed by atoms with Crippen LogP contribution in [0.2, 0.25) is 0 Å². The standard InChI is InChI=1S/C6H11BrO/c1-5(4-8)3-6(2)7/h3,5,8H,4H2,1-2H3/b6-3-. The first-order chi connectivity index (χ1) is 3.66. The van der Waals surface area contributed by atoms with Gasteiger partial charge in [0.1, 0.15) is 0 Å². The molecule has 0 bridgehead atoms. The summed E-state index contributed by atoms with van der Waals surface area (Å²) in [5.74, 6) is 0.273. The first-order valence-electron chi connectivity index (χ1n) is 2.61. The lowest BCUT2D eigenvalue weighted by atomic mass is 10.2. The lowest BCUT2D eigenvalue weighted by Crippen LogP contribution is -1.94. The smallest absolute Gasteiger partial charge is 0.0491 e. The first kappa shape index (κ1) is 8.18. The van der Waals surface area contributed by atoms with Crippen LogP contribution in [0.5, 0.6) is 0 Å². The van der Waals surface area contributed by atoms with Gasteiger partial charge in [0.15, 0.2) is 0 Å². The topological polar surface area (TPSA) is 20.2 Å². The zero-order valence-electron chi connectivity index (χ0n) is 5.19. The van der Waals surface area contributed by atoms with Crippen molar-refractivity contribution in [3.8, 4) is 0 Å².